The Labute approximate surface area is 170 Å². The normalized spacial score (nSPS) is 16.6. The van der Waals surface area contributed by atoms with Gasteiger partial charge in [0, 0.05) is 36.8 Å². The second kappa shape index (κ2) is 8.80. The van der Waals surface area contributed by atoms with E-state index < -0.39 is 0 Å². The van der Waals surface area contributed by atoms with Crippen molar-refractivity contribution >= 4 is 29.3 Å². The number of para-hydroxylation sites is 1. The van der Waals surface area contributed by atoms with Crippen LogP contribution in [-0.4, -0.2) is 55.2 Å². The summed E-state index contributed by atoms with van der Waals surface area (Å²) in [6.07, 6.45) is 1.87. The van der Waals surface area contributed by atoms with Crippen molar-refractivity contribution in [1.82, 2.24) is 10.2 Å². The van der Waals surface area contributed by atoms with Crippen LogP contribution in [-0.2, 0) is 11.2 Å². The monoisotopic (exact) mass is 395 g/mol. The molecule has 4 rings (SSSR count). The minimum Gasteiger partial charge on any atom is -0.337 e. The van der Waals surface area contributed by atoms with Crippen molar-refractivity contribution < 1.29 is 9.59 Å². The van der Waals surface area contributed by atoms with Crippen molar-refractivity contribution in [1.29, 1.82) is 0 Å². The van der Waals surface area contributed by atoms with Crippen molar-refractivity contribution in [3.63, 3.8) is 0 Å². The number of carbonyl (C=O) groups is 2. The molecule has 1 N–H and O–H groups in total. The fourth-order valence-electron chi connectivity index (χ4n) is 3.80. The lowest BCUT2D eigenvalue weighted by atomic mass is 10.2. The molecule has 146 valence electrons. The molecule has 6 heteroatoms. The maximum atomic E-state index is 13.0. The van der Waals surface area contributed by atoms with E-state index in [2.05, 4.69) is 11.4 Å². The third kappa shape index (κ3) is 4.08. The Morgan fingerprint density at radius 2 is 1.79 bits per heavy atom. The van der Waals surface area contributed by atoms with Crippen molar-refractivity contribution in [2.24, 2.45) is 0 Å². The quantitative estimate of drug-likeness (QED) is 0.809. The summed E-state index contributed by atoms with van der Waals surface area (Å²) in [5.74, 6) is 0.488. The minimum atomic E-state index is 0.0609. The number of fused-ring (bicyclic) bond motifs is 1. The van der Waals surface area contributed by atoms with Crippen LogP contribution in [0.15, 0.2) is 53.4 Å². The number of nitrogens with zero attached hydrogens (tertiary/aromatic N) is 2. The molecule has 0 aromatic heterocycles. The first-order chi connectivity index (χ1) is 13.7. The first-order valence-electron chi connectivity index (χ1n) is 9.84. The van der Waals surface area contributed by atoms with Gasteiger partial charge >= 0.3 is 0 Å². The van der Waals surface area contributed by atoms with Gasteiger partial charge in [0.1, 0.15) is 0 Å². The molecule has 5 nitrogen and oxygen atoms in total. The van der Waals surface area contributed by atoms with Gasteiger partial charge < -0.3 is 15.1 Å². The molecule has 2 amide bonds. The highest BCUT2D eigenvalue weighted by molar-refractivity contribution is 8.00. The average Bonchev–Trinajstić information content (AvgIpc) is 2.98. The summed E-state index contributed by atoms with van der Waals surface area (Å²) in [5.41, 5.74) is 2.95. The molecular weight excluding hydrogens is 370 g/mol. The van der Waals surface area contributed by atoms with E-state index in [4.69, 9.17) is 0 Å². The Kier molecular flexibility index (Phi) is 5.98. The summed E-state index contributed by atoms with van der Waals surface area (Å²) in [4.78, 5) is 30.5. The van der Waals surface area contributed by atoms with Gasteiger partial charge in [0.15, 0.2) is 0 Å². The number of thioether (sulfide) groups is 1. The Hall–Kier alpha value is -2.31. The van der Waals surface area contributed by atoms with Crippen LogP contribution in [0.25, 0.3) is 0 Å². The van der Waals surface area contributed by atoms with E-state index in [1.807, 2.05) is 52.3 Å². The number of rotatable bonds is 4. The van der Waals surface area contributed by atoms with Gasteiger partial charge in [-0.1, -0.05) is 30.3 Å². The number of benzene rings is 2. The highest BCUT2D eigenvalue weighted by atomic mass is 32.2. The van der Waals surface area contributed by atoms with Gasteiger partial charge in [-0.15, -0.1) is 11.8 Å². The number of hydrogen-bond donors (Lipinski definition) is 1. The van der Waals surface area contributed by atoms with E-state index in [1.165, 1.54) is 17.3 Å². The largest absolute Gasteiger partial charge is 0.337 e. The summed E-state index contributed by atoms with van der Waals surface area (Å²) in [5, 5.41) is 3.33. The molecule has 0 radical (unpaired) electrons. The molecule has 0 saturated carbocycles. The first-order valence-corrected chi connectivity index (χ1v) is 10.8. The zero-order valence-corrected chi connectivity index (χ0v) is 16.7. The zero-order chi connectivity index (χ0) is 19.3. The fraction of sp³-hybridized carbons (Fsp3) is 0.364. The second-order valence-electron chi connectivity index (χ2n) is 7.10. The Morgan fingerprint density at radius 1 is 0.964 bits per heavy atom. The average molecular weight is 396 g/mol. The van der Waals surface area contributed by atoms with E-state index in [-0.39, 0.29) is 11.8 Å². The first kappa shape index (κ1) is 19.0. The SMILES string of the molecule is O=C(c1ccccc1SCC(=O)N1CCc2ccccc21)N1CCCNCC1. The van der Waals surface area contributed by atoms with Gasteiger partial charge in [-0.25, -0.2) is 0 Å². The van der Waals surface area contributed by atoms with E-state index >= 15 is 0 Å². The van der Waals surface area contributed by atoms with Gasteiger partial charge in [-0.2, -0.15) is 0 Å². The molecule has 2 aromatic carbocycles. The van der Waals surface area contributed by atoms with Crippen LogP contribution in [0.5, 0.6) is 0 Å². The molecular formula is C22H25N3O2S. The molecule has 0 unspecified atom stereocenters. The van der Waals surface area contributed by atoms with Crippen LogP contribution in [0.1, 0.15) is 22.3 Å². The van der Waals surface area contributed by atoms with Crippen LogP contribution in [0.2, 0.25) is 0 Å². The molecule has 2 heterocycles. The van der Waals surface area contributed by atoms with E-state index in [0.29, 0.717) is 11.3 Å². The number of amides is 2. The maximum absolute atomic E-state index is 13.0. The van der Waals surface area contributed by atoms with E-state index in [1.54, 1.807) is 0 Å². The lowest BCUT2D eigenvalue weighted by Crippen LogP contribution is -2.34. The van der Waals surface area contributed by atoms with Gasteiger partial charge in [0.05, 0.1) is 11.3 Å². The molecule has 1 fully saturated rings. The van der Waals surface area contributed by atoms with Gasteiger partial charge in [0.25, 0.3) is 5.91 Å². The Morgan fingerprint density at radius 3 is 2.71 bits per heavy atom. The standard InChI is InChI=1S/C22H25N3O2S/c26-21(25-14-10-17-6-1-3-8-19(17)25)16-28-20-9-4-2-7-18(20)22(27)24-13-5-11-23-12-15-24/h1-4,6-9,23H,5,10-16H2. The van der Waals surface area contributed by atoms with Crippen LogP contribution in [0.3, 0.4) is 0 Å². The summed E-state index contributed by atoms with van der Waals surface area (Å²) in [6.45, 7) is 4.01. The summed E-state index contributed by atoms with van der Waals surface area (Å²) in [6, 6.07) is 15.7. The van der Waals surface area contributed by atoms with Gasteiger partial charge in [-0.3, -0.25) is 9.59 Å². The number of nitrogens with one attached hydrogen (secondary N) is 1. The van der Waals surface area contributed by atoms with Crippen LogP contribution >= 0.6 is 11.8 Å². The van der Waals surface area contributed by atoms with Gasteiger partial charge in [0.2, 0.25) is 5.91 Å². The third-order valence-corrected chi connectivity index (χ3v) is 6.34. The second-order valence-corrected chi connectivity index (χ2v) is 8.12. The highest BCUT2D eigenvalue weighted by Gasteiger charge is 2.25. The zero-order valence-electron chi connectivity index (χ0n) is 15.9. The van der Waals surface area contributed by atoms with Crippen molar-refractivity contribution in [2.75, 3.05) is 43.4 Å². The third-order valence-electron chi connectivity index (χ3n) is 5.28. The van der Waals surface area contributed by atoms with Crippen molar-refractivity contribution in [3.8, 4) is 0 Å². The number of hydrogen-bond acceptors (Lipinski definition) is 4. The van der Waals surface area contributed by atoms with Crippen molar-refractivity contribution in [3.05, 3.63) is 59.7 Å². The van der Waals surface area contributed by atoms with Crippen LogP contribution in [0.4, 0.5) is 5.69 Å². The van der Waals surface area contributed by atoms with Crippen LogP contribution in [0, 0.1) is 0 Å². The molecule has 0 spiro atoms. The van der Waals surface area contributed by atoms with Crippen molar-refractivity contribution in [2.45, 2.75) is 17.7 Å². The molecule has 0 bridgehead atoms. The summed E-state index contributed by atoms with van der Waals surface area (Å²) < 4.78 is 0. The highest BCUT2D eigenvalue weighted by Crippen LogP contribution is 2.30. The smallest absolute Gasteiger partial charge is 0.255 e. The lowest BCUT2D eigenvalue weighted by Gasteiger charge is -2.22. The lowest BCUT2D eigenvalue weighted by molar-refractivity contribution is -0.116. The van der Waals surface area contributed by atoms with E-state index in [9.17, 15) is 9.59 Å². The van der Waals surface area contributed by atoms with Gasteiger partial charge in [-0.05, 0) is 43.1 Å². The topological polar surface area (TPSA) is 52.7 Å². The summed E-state index contributed by atoms with van der Waals surface area (Å²) in [7, 11) is 0. The van der Waals surface area contributed by atoms with Crippen LogP contribution < -0.4 is 10.2 Å². The maximum Gasteiger partial charge on any atom is 0.255 e. The molecule has 2 aliphatic heterocycles. The predicted molar refractivity (Wildman–Crippen MR) is 113 cm³/mol. The molecule has 28 heavy (non-hydrogen) atoms. The summed E-state index contributed by atoms with van der Waals surface area (Å²) >= 11 is 1.46. The molecule has 0 atom stereocenters. The molecule has 2 aromatic rings. The Bertz CT molecular complexity index is 862. The molecule has 2 aliphatic rings. The molecule has 0 aliphatic carbocycles. The molecule has 1 saturated heterocycles. The number of anilines is 1. The number of carbonyl (C=O) groups excluding carboxylic acids is 2. The predicted octanol–water partition coefficient (Wildman–Crippen LogP) is 2.80. The Balaban J connectivity index is 1.44. The van der Waals surface area contributed by atoms with E-state index in [0.717, 1.165) is 56.1 Å². The fourth-order valence-corrected chi connectivity index (χ4v) is 4.72. The minimum absolute atomic E-state index is 0.0609.